The van der Waals surface area contributed by atoms with Crippen LogP contribution in [-0.4, -0.2) is 38.2 Å². The Morgan fingerprint density at radius 3 is 2.52 bits per heavy atom. The Balaban J connectivity index is 2.45. The van der Waals surface area contributed by atoms with Crippen molar-refractivity contribution in [2.75, 3.05) is 7.11 Å². The van der Waals surface area contributed by atoms with E-state index in [1.54, 1.807) is 13.8 Å². The van der Waals surface area contributed by atoms with E-state index >= 15 is 0 Å². The topological polar surface area (TPSA) is 116 Å². The molecule has 0 saturated carbocycles. The summed E-state index contributed by atoms with van der Waals surface area (Å²) in [4.78, 5) is 10.2. The molecule has 9 nitrogen and oxygen atoms in total. The van der Waals surface area contributed by atoms with Gasteiger partial charge in [0.15, 0.2) is 17.4 Å². The van der Waals surface area contributed by atoms with E-state index in [1.165, 1.54) is 30.1 Å². The molecule has 0 atom stereocenters. The van der Waals surface area contributed by atoms with Gasteiger partial charge in [-0.25, -0.2) is 4.68 Å². The van der Waals surface area contributed by atoms with E-state index in [2.05, 4.69) is 15.3 Å². The standard InChI is InChI=1S/C12H13N5O4/c1-7-14-15-8(2)16(7)13-6-9-4-10(17(19)20)12(18)11(5-9)21-3/h4-6,18H,1-3H3/b13-6+. The minimum Gasteiger partial charge on any atom is -0.500 e. The summed E-state index contributed by atoms with van der Waals surface area (Å²) in [6, 6.07) is 2.65. The summed E-state index contributed by atoms with van der Waals surface area (Å²) in [7, 11) is 1.31. The van der Waals surface area contributed by atoms with Crippen LogP contribution in [0.1, 0.15) is 17.2 Å². The molecule has 9 heteroatoms. The van der Waals surface area contributed by atoms with Crippen LogP contribution in [0.3, 0.4) is 0 Å². The van der Waals surface area contributed by atoms with E-state index in [0.29, 0.717) is 17.2 Å². The number of phenolic OH excluding ortho intramolecular Hbond substituents is 1. The molecule has 0 aliphatic rings. The second-order valence-electron chi connectivity index (χ2n) is 4.20. The number of aromatic nitrogens is 3. The summed E-state index contributed by atoms with van der Waals surface area (Å²) in [5.41, 5.74) is -0.0446. The number of nitro groups is 1. The molecule has 0 radical (unpaired) electrons. The molecule has 0 fully saturated rings. The highest BCUT2D eigenvalue weighted by atomic mass is 16.6. The molecule has 1 aromatic carbocycles. The van der Waals surface area contributed by atoms with E-state index in [4.69, 9.17) is 4.74 Å². The van der Waals surface area contributed by atoms with Crippen molar-refractivity contribution in [1.29, 1.82) is 0 Å². The minimum atomic E-state index is -0.690. The molecule has 0 amide bonds. The van der Waals surface area contributed by atoms with Crippen molar-refractivity contribution in [3.63, 3.8) is 0 Å². The summed E-state index contributed by atoms with van der Waals surface area (Å²) in [6.07, 6.45) is 1.40. The number of nitro benzene ring substituents is 1. The van der Waals surface area contributed by atoms with E-state index in [9.17, 15) is 15.2 Å². The maximum atomic E-state index is 10.9. The van der Waals surface area contributed by atoms with E-state index in [0.717, 1.165) is 0 Å². The third-order valence-corrected chi connectivity index (χ3v) is 2.77. The highest BCUT2D eigenvalue weighted by Gasteiger charge is 2.19. The van der Waals surface area contributed by atoms with Crippen molar-refractivity contribution < 1.29 is 14.8 Å². The fourth-order valence-corrected chi connectivity index (χ4v) is 1.74. The minimum absolute atomic E-state index is 0.00264. The Morgan fingerprint density at radius 2 is 2.00 bits per heavy atom. The van der Waals surface area contributed by atoms with Gasteiger partial charge < -0.3 is 9.84 Å². The first-order chi connectivity index (χ1) is 9.93. The molecule has 2 aromatic rings. The van der Waals surface area contributed by atoms with Gasteiger partial charge in [0.05, 0.1) is 18.2 Å². The molecule has 0 aliphatic carbocycles. The third-order valence-electron chi connectivity index (χ3n) is 2.77. The van der Waals surface area contributed by atoms with Gasteiger partial charge in [0.1, 0.15) is 0 Å². The maximum absolute atomic E-state index is 10.9. The summed E-state index contributed by atoms with van der Waals surface area (Å²) >= 11 is 0. The molecule has 110 valence electrons. The first-order valence-corrected chi connectivity index (χ1v) is 5.92. The first kappa shape index (κ1) is 14.4. The Labute approximate surface area is 119 Å². The monoisotopic (exact) mass is 291 g/mol. The number of phenols is 1. The van der Waals surface area contributed by atoms with Gasteiger partial charge in [-0.2, -0.15) is 5.10 Å². The predicted molar refractivity (Wildman–Crippen MR) is 73.8 cm³/mol. The second kappa shape index (κ2) is 5.57. The number of methoxy groups -OCH3 is 1. The van der Waals surface area contributed by atoms with Gasteiger partial charge in [-0.15, -0.1) is 10.2 Å². The SMILES string of the molecule is COc1cc(/C=N/n2c(C)nnc2C)cc([N+](=O)[O-])c1O. The average molecular weight is 291 g/mol. The van der Waals surface area contributed by atoms with Crippen LogP contribution in [0.4, 0.5) is 5.69 Å². The second-order valence-corrected chi connectivity index (χ2v) is 4.20. The molecule has 0 saturated heterocycles. The molecule has 1 heterocycles. The van der Waals surface area contributed by atoms with Crippen LogP contribution < -0.4 is 4.74 Å². The van der Waals surface area contributed by atoms with Crippen molar-refractivity contribution in [2.45, 2.75) is 13.8 Å². The molecule has 0 unspecified atom stereocenters. The Bertz CT molecular complexity index is 703. The van der Waals surface area contributed by atoms with Gasteiger partial charge in [0, 0.05) is 11.6 Å². The number of aromatic hydroxyl groups is 1. The van der Waals surface area contributed by atoms with E-state index in [1.807, 2.05) is 0 Å². The van der Waals surface area contributed by atoms with Crippen LogP contribution in [0.2, 0.25) is 0 Å². The van der Waals surface area contributed by atoms with E-state index < -0.39 is 16.4 Å². The molecule has 0 spiro atoms. The predicted octanol–water partition coefficient (Wildman–Crippen LogP) is 1.40. The first-order valence-electron chi connectivity index (χ1n) is 5.92. The van der Waals surface area contributed by atoms with Crippen LogP contribution in [-0.2, 0) is 0 Å². The zero-order valence-electron chi connectivity index (χ0n) is 11.6. The van der Waals surface area contributed by atoms with Crippen molar-refractivity contribution in [2.24, 2.45) is 5.10 Å². The number of hydrogen-bond acceptors (Lipinski definition) is 7. The van der Waals surface area contributed by atoms with E-state index in [-0.39, 0.29) is 5.75 Å². The number of ether oxygens (including phenoxy) is 1. The highest BCUT2D eigenvalue weighted by Crippen LogP contribution is 2.36. The van der Waals surface area contributed by atoms with Crippen molar-refractivity contribution in [3.05, 3.63) is 39.5 Å². The Morgan fingerprint density at radius 1 is 1.38 bits per heavy atom. The summed E-state index contributed by atoms with van der Waals surface area (Å²) in [6.45, 7) is 3.47. The maximum Gasteiger partial charge on any atom is 0.315 e. The molecule has 1 N–H and O–H groups in total. The lowest BCUT2D eigenvalue weighted by Gasteiger charge is -2.05. The molecular formula is C12H13N5O4. The van der Waals surface area contributed by atoms with Crippen molar-refractivity contribution >= 4 is 11.9 Å². The average Bonchev–Trinajstić information content (AvgIpc) is 2.76. The van der Waals surface area contributed by atoms with Gasteiger partial charge in [-0.1, -0.05) is 0 Å². The number of benzene rings is 1. The zero-order valence-corrected chi connectivity index (χ0v) is 11.6. The van der Waals surface area contributed by atoms with Crippen LogP contribution in [0.15, 0.2) is 17.2 Å². The number of hydrogen-bond donors (Lipinski definition) is 1. The smallest absolute Gasteiger partial charge is 0.315 e. The van der Waals surface area contributed by atoms with Gasteiger partial charge >= 0.3 is 5.69 Å². The van der Waals surface area contributed by atoms with Gasteiger partial charge in [-0.3, -0.25) is 10.1 Å². The molecule has 21 heavy (non-hydrogen) atoms. The lowest BCUT2D eigenvalue weighted by atomic mass is 10.2. The van der Waals surface area contributed by atoms with Gasteiger partial charge in [-0.05, 0) is 19.9 Å². The summed E-state index contributed by atoms with van der Waals surface area (Å²) in [5, 5.41) is 32.4. The zero-order chi connectivity index (χ0) is 15.6. The van der Waals surface area contributed by atoms with Crippen molar-refractivity contribution in [1.82, 2.24) is 14.9 Å². The Hall–Kier alpha value is -2.97. The molecule has 2 rings (SSSR count). The normalized spacial score (nSPS) is 11.0. The van der Waals surface area contributed by atoms with Crippen LogP contribution in [0, 0.1) is 24.0 Å². The fraction of sp³-hybridized carbons (Fsp3) is 0.250. The summed E-state index contributed by atoms with van der Waals surface area (Å²) < 4.78 is 6.40. The van der Waals surface area contributed by atoms with Crippen LogP contribution >= 0.6 is 0 Å². The fourth-order valence-electron chi connectivity index (χ4n) is 1.74. The molecule has 0 bridgehead atoms. The number of nitrogens with zero attached hydrogens (tertiary/aromatic N) is 5. The van der Waals surface area contributed by atoms with Gasteiger partial charge in [0.25, 0.3) is 0 Å². The lowest BCUT2D eigenvalue weighted by molar-refractivity contribution is -0.386. The number of aryl methyl sites for hydroxylation is 2. The largest absolute Gasteiger partial charge is 0.500 e. The summed E-state index contributed by atoms with van der Waals surface area (Å²) in [5.74, 6) is 0.659. The van der Waals surface area contributed by atoms with Gasteiger partial charge in [0.2, 0.25) is 5.75 Å². The number of rotatable bonds is 4. The highest BCUT2D eigenvalue weighted by molar-refractivity contribution is 5.83. The molecular weight excluding hydrogens is 278 g/mol. The molecule has 0 aliphatic heterocycles. The lowest BCUT2D eigenvalue weighted by Crippen LogP contribution is -1.98. The molecule has 1 aromatic heterocycles. The Kier molecular flexibility index (Phi) is 3.83. The van der Waals surface area contributed by atoms with Crippen LogP contribution in [0.5, 0.6) is 11.5 Å². The third kappa shape index (κ3) is 2.81. The quantitative estimate of drug-likeness (QED) is 0.517. The van der Waals surface area contributed by atoms with Crippen molar-refractivity contribution in [3.8, 4) is 11.5 Å². The van der Waals surface area contributed by atoms with Crippen LogP contribution in [0.25, 0.3) is 0 Å².